The van der Waals surface area contributed by atoms with Crippen molar-refractivity contribution < 1.29 is 9.53 Å². The molecule has 0 aromatic heterocycles. The maximum Gasteiger partial charge on any atom is 0.228 e. The van der Waals surface area contributed by atoms with Crippen LogP contribution in [0.2, 0.25) is 0 Å². The maximum atomic E-state index is 11.5. The first-order valence-electron chi connectivity index (χ1n) is 4.67. The molecule has 6 nitrogen and oxygen atoms in total. The second-order valence-corrected chi connectivity index (χ2v) is 3.75. The molecule has 2 rings (SSSR count). The standard InChI is InChI=1S/C8H12N4O2/c9-11-10-1-8(13)12-2-6-4-14-5-7(6)3-12/h6-7H,1-5H2/t6-,7+. The number of rotatable bonds is 2. The highest BCUT2D eigenvalue weighted by molar-refractivity contribution is 5.78. The van der Waals surface area contributed by atoms with E-state index in [1.165, 1.54) is 0 Å². The van der Waals surface area contributed by atoms with Crippen molar-refractivity contribution in [2.75, 3.05) is 32.8 Å². The van der Waals surface area contributed by atoms with Crippen LogP contribution in [0.15, 0.2) is 5.11 Å². The van der Waals surface area contributed by atoms with Crippen LogP contribution in [-0.2, 0) is 9.53 Å². The number of likely N-dealkylation sites (tertiary alicyclic amines) is 1. The summed E-state index contributed by atoms with van der Waals surface area (Å²) in [6.07, 6.45) is 0. The Hall–Kier alpha value is -1.26. The topological polar surface area (TPSA) is 78.3 Å². The van der Waals surface area contributed by atoms with Gasteiger partial charge in [0.15, 0.2) is 0 Å². The Kier molecular flexibility index (Phi) is 2.56. The zero-order valence-corrected chi connectivity index (χ0v) is 7.80. The molecule has 2 aliphatic heterocycles. The van der Waals surface area contributed by atoms with Crippen molar-refractivity contribution in [3.8, 4) is 0 Å². The summed E-state index contributed by atoms with van der Waals surface area (Å²) in [5, 5.41) is 3.27. The largest absolute Gasteiger partial charge is 0.381 e. The van der Waals surface area contributed by atoms with E-state index >= 15 is 0 Å². The molecular weight excluding hydrogens is 184 g/mol. The monoisotopic (exact) mass is 196 g/mol. The van der Waals surface area contributed by atoms with Crippen LogP contribution in [0, 0.1) is 11.8 Å². The number of carbonyl (C=O) groups is 1. The van der Waals surface area contributed by atoms with E-state index in [-0.39, 0.29) is 12.5 Å². The summed E-state index contributed by atoms with van der Waals surface area (Å²) >= 11 is 0. The number of amides is 1. The van der Waals surface area contributed by atoms with Gasteiger partial charge in [-0.3, -0.25) is 4.79 Å². The molecule has 2 atom stereocenters. The quantitative estimate of drug-likeness (QED) is 0.364. The van der Waals surface area contributed by atoms with Crippen LogP contribution in [0.25, 0.3) is 10.4 Å². The van der Waals surface area contributed by atoms with E-state index in [4.69, 9.17) is 10.3 Å². The van der Waals surface area contributed by atoms with E-state index < -0.39 is 0 Å². The summed E-state index contributed by atoms with van der Waals surface area (Å²) in [4.78, 5) is 15.8. The average molecular weight is 196 g/mol. The number of ether oxygens (including phenoxy) is 1. The summed E-state index contributed by atoms with van der Waals surface area (Å²) in [6.45, 7) is 2.97. The second kappa shape index (κ2) is 3.86. The molecule has 6 heteroatoms. The Labute approximate surface area is 81.5 Å². The molecule has 0 aliphatic carbocycles. The number of hydrogen-bond donors (Lipinski definition) is 0. The Morgan fingerprint density at radius 3 is 2.71 bits per heavy atom. The third kappa shape index (κ3) is 1.66. The predicted molar refractivity (Wildman–Crippen MR) is 48.4 cm³/mol. The van der Waals surface area contributed by atoms with Gasteiger partial charge in [-0.1, -0.05) is 5.11 Å². The minimum atomic E-state index is -0.0720. The van der Waals surface area contributed by atoms with Crippen LogP contribution in [0.1, 0.15) is 0 Å². The molecule has 0 unspecified atom stereocenters. The van der Waals surface area contributed by atoms with Crippen molar-refractivity contribution in [3.63, 3.8) is 0 Å². The molecule has 0 saturated carbocycles. The number of nitrogens with zero attached hydrogens (tertiary/aromatic N) is 4. The summed E-state index contributed by atoms with van der Waals surface area (Å²) in [5.41, 5.74) is 8.09. The lowest BCUT2D eigenvalue weighted by Gasteiger charge is -2.15. The van der Waals surface area contributed by atoms with Crippen molar-refractivity contribution in [3.05, 3.63) is 10.4 Å². The molecule has 1 amide bonds. The van der Waals surface area contributed by atoms with Crippen LogP contribution in [0.3, 0.4) is 0 Å². The normalized spacial score (nSPS) is 29.9. The zero-order valence-electron chi connectivity index (χ0n) is 7.80. The van der Waals surface area contributed by atoms with Crippen LogP contribution >= 0.6 is 0 Å². The van der Waals surface area contributed by atoms with E-state index in [1.54, 1.807) is 4.90 Å². The van der Waals surface area contributed by atoms with Crippen molar-refractivity contribution in [2.24, 2.45) is 17.0 Å². The Morgan fingerprint density at radius 1 is 1.50 bits per heavy atom. The number of azide groups is 1. The molecule has 14 heavy (non-hydrogen) atoms. The molecule has 0 bridgehead atoms. The number of carbonyl (C=O) groups excluding carboxylic acids is 1. The third-order valence-electron chi connectivity index (χ3n) is 2.86. The molecule has 2 fully saturated rings. The van der Waals surface area contributed by atoms with Gasteiger partial charge < -0.3 is 9.64 Å². The van der Waals surface area contributed by atoms with Crippen molar-refractivity contribution in [1.29, 1.82) is 0 Å². The van der Waals surface area contributed by atoms with Gasteiger partial charge in [-0.15, -0.1) is 0 Å². The zero-order chi connectivity index (χ0) is 9.97. The Morgan fingerprint density at radius 2 is 2.14 bits per heavy atom. The van der Waals surface area contributed by atoms with E-state index in [2.05, 4.69) is 10.0 Å². The molecule has 2 saturated heterocycles. The van der Waals surface area contributed by atoms with Gasteiger partial charge in [-0.05, 0) is 5.53 Å². The fourth-order valence-corrected chi connectivity index (χ4v) is 2.08. The summed E-state index contributed by atoms with van der Waals surface area (Å²) in [6, 6.07) is 0. The van der Waals surface area contributed by atoms with Gasteiger partial charge in [-0.25, -0.2) is 0 Å². The van der Waals surface area contributed by atoms with Gasteiger partial charge in [-0.2, -0.15) is 0 Å². The summed E-state index contributed by atoms with van der Waals surface area (Å²) in [5.74, 6) is 0.909. The van der Waals surface area contributed by atoms with Gasteiger partial charge in [0.05, 0.1) is 13.2 Å². The maximum absolute atomic E-state index is 11.5. The Bertz CT molecular complexity index is 275. The van der Waals surface area contributed by atoms with Gasteiger partial charge in [0.25, 0.3) is 0 Å². The highest BCUT2D eigenvalue weighted by atomic mass is 16.5. The SMILES string of the molecule is [N-]=[N+]=NCC(=O)N1C[C@H]2COC[C@H]2C1. The highest BCUT2D eigenvalue weighted by Crippen LogP contribution is 2.28. The lowest BCUT2D eigenvalue weighted by molar-refractivity contribution is -0.129. The molecule has 0 N–H and O–H groups in total. The van der Waals surface area contributed by atoms with Crippen LogP contribution in [-0.4, -0.2) is 43.7 Å². The van der Waals surface area contributed by atoms with Gasteiger partial charge in [0.1, 0.15) is 6.54 Å². The first kappa shape index (κ1) is 9.30. The van der Waals surface area contributed by atoms with Gasteiger partial charge in [0.2, 0.25) is 5.91 Å². The smallest absolute Gasteiger partial charge is 0.228 e. The third-order valence-corrected chi connectivity index (χ3v) is 2.86. The molecule has 0 radical (unpaired) electrons. The van der Waals surface area contributed by atoms with E-state index in [1.807, 2.05) is 0 Å². The van der Waals surface area contributed by atoms with E-state index in [0.29, 0.717) is 11.8 Å². The van der Waals surface area contributed by atoms with Crippen LogP contribution < -0.4 is 0 Å². The van der Waals surface area contributed by atoms with Gasteiger partial charge in [0, 0.05) is 29.8 Å². The molecule has 0 spiro atoms. The summed E-state index contributed by atoms with van der Waals surface area (Å²) in [7, 11) is 0. The molecule has 0 aromatic carbocycles. The number of fused-ring (bicyclic) bond motifs is 1. The highest BCUT2D eigenvalue weighted by Gasteiger charge is 2.38. The van der Waals surface area contributed by atoms with Gasteiger partial charge >= 0.3 is 0 Å². The predicted octanol–water partition coefficient (Wildman–Crippen LogP) is 0.401. The van der Waals surface area contributed by atoms with Crippen molar-refractivity contribution in [1.82, 2.24) is 4.90 Å². The minimum Gasteiger partial charge on any atom is -0.381 e. The van der Waals surface area contributed by atoms with E-state index in [9.17, 15) is 4.79 Å². The Balaban J connectivity index is 1.89. The van der Waals surface area contributed by atoms with Crippen molar-refractivity contribution in [2.45, 2.75) is 0 Å². The van der Waals surface area contributed by atoms with Crippen LogP contribution in [0.4, 0.5) is 0 Å². The first-order valence-corrected chi connectivity index (χ1v) is 4.67. The van der Waals surface area contributed by atoms with Crippen LogP contribution in [0.5, 0.6) is 0 Å². The first-order chi connectivity index (χ1) is 6.81. The van der Waals surface area contributed by atoms with Crippen molar-refractivity contribution >= 4 is 5.91 Å². The lowest BCUT2D eigenvalue weighted by Crippen LogP contribution is -2.31. The fraction of sp³-hybridized carbons (Fsp3) is 0.875. The average Bonchev–Trinajstić information content (AvgIpc) is 2.72. The molecular formula is C8H12N4O2. The van der Waals surface area contributed by atoms with E-state index in [0.717, 1.165) is 26.3 Å². The summed E-state index contributed by atoms with van der Waals surface area (Å²) < 4.78 is 5.30. The fourth-order valence-electron chi connectivity index (χ4n) is 2.08. The molecule has 76 valence electrons. The minimum absolute atomic E-state index is 0.0587. The second-order valence-electron chi connectivity index (χ2n) is 3.75. The molecule has 2 heterocycles. The molecule has 0 aromatic rings. The lowest BCUT2D eigenvalue weighted by atomic mass is 10.0. The molecule has 2 aliphatic rings. The number of hydrogen-bond acceptors (Lipinski definition) is 3.